The molecule has 0 radical (unpaired) electrons. The van der Waals surface area contributed by atoms with Crippen LogP contribution in [0.1, 0.15) is 70.7 Å². The van der Waals surface area contributed by atoms with Crippen LogP contribution >= 0.6 is 0 Å². The average Bonchev–Trinajstić information content (AvgIpc) is 2.89. The maximum atomic E-state index is 5.67. The Morgan fingerprint density at radius 2 is 2.05 bits per heavy atom. The lowest BCUT2D eigenvalue weighted by atomic mass is 10.00. The van der Waals surface area contributed by atoms with Gasteiger partial charge in [0, 0.05) is 12.6 Å². The first-order chi connectivity index (χ1) is 9.17. The van der Waals surface area contributed by atoms with E-state index >= 15 is 0 Å². The highest BCUT2D eigenvalue weighted by Gasteiger charge is 2.24. The van der Waals surface area contributed by atoms with Crippen molar-refractivity contribution in [2.75, 3.05) is 13.7 Å². The summed E-state index contributed by atoms with van der Waals surface area (Å²) in [5.74, 6) is 1.58. The molecule has 5 heteroatoms. The highest BCUT2D eigenvalue weighted by molar-refractivity contribution is 4.99. The van der Waals surface area contributed by atoms with E-state index < -0.39 is 0 Å². The molecule has 0 bridgehead atoms. The van der Waals surface area contributed by atoms with Gasteiger partial charge in [-0.25, -0.2) is 0 Å². The minimum Gasteiger partial charge on any atom is -0.370 e. The van der Waals surface area contributed by atoms with Crippen molar-refractivity contribution in [3.05, 3.63) is 11.7 Å². The van der Waals surface area contributed by atoms with Gasteiger partial charge in [0.2, 0.25) is 11.7 Å². The first kappa shape index (κ1) is 16.1. The van der Waals surface area contributed by atoms with Gasteiger partial charge in [-0.2, -0.15) is 4.98 Å². The number of nitrogens with zero attached hydrogens (tertiary/aromatic N) is 2. The topological polar surface area (TPSA) is 60.2 Å². The molecule has 0 aliphatic carbocycles. The number of ether oxygens (including phenoxy) is 1. The molecule has 3 unspecified atom stereocenters. The molecule has 0 aromatic carbocycles. The first-order valence-corrected chi connectivity index (χ1v) is 7.30. The average molecular weight is 269 g/mol. The number of hydrogen-bond acceptors (Lipinski definition) is 5. The van der Waals surface area contributed by atoms with Crippen LogP contribution < -0.4 is 5.32 Å². The summed E-state index contributed by atoms with van der Waals surface area (Å²) >= 11 is 0. The monoisotopic (exact) mass is 269 g/mol. The Balaban J connectivity index is 2.79. The van der Waals surface area contributed by atoms with Gasteiger partial charge >= 0.3 is 0 Å². The number of hydrogen-bond donors (Lipinski definition) is 1. The number of likely N-dealkylation sites (N-methyl/N-ethyl adjacent to an activating group) is 1. The van der Waals surface area contributed by atoms with Crippen molar-refractivity contribution in [2.45, 2.75) is 65.0 Å². The van der Waals surface area contributed by atoms with E-state index in [0.717, 1.165) is 19.3 Å². The van der Waals surface area contributed by atoms with Crippen molar-refractivity contribution < 1.29 is 9.26 Å². The fourth-order valence-electron chi connectivity index (χ4n) is 2.29. The van der Waals surface area contributed by atoms with Crippen molar-refractivity contribution in [1.82, 2.24) is 15.5 Å². The van der Waals surface area contributed by atoms with Crippen molar-refractivity contribution in [2.24, 2.45) is 0 Å². The van der Waals surface area contributed by atoms with Crippen molar-refractivity contribution in [1.29, 1.82) is 0 Å². The van der Waals surface area contributed by atoms with Crippen LogP contribution in [0.4, 0.5) is 0 Å². The normalized spacial score (nSPS) is 16.3. The lowest BCUT2D eigenvalue weighted by molar-refractivity contribution is 0.0477. The van der Waals surface area contributed by atoms with E-state index in [1.54, 1.807) is 0 Å². The summed E-state index contributed by atoms with van der Waals surface area (Å²) < 4.78 is 11.1. The largest absolute Gasteiger partial charge is 0.370 e. The third-order valence-corrected chi connectivity index (χ3v) is 3.47. The number of nitrogens with one attached hydrogen (secondary N) is 1. The van der Waals surface area contributed by atoms with Crippen LogP contribution in [0, 0.1) is 0 Å². The van der Waals surface area contributed by atoms with Gasteiger partial charge in [-0.3, -0.25) is 0 Å². The third kappa shape index (κ3) is 4.28. The lowest BCUT2D eigenvalue weighted by Crippen LogP contribution is -2.30. The van der Waals surface area contributed by atoms with E-state index in [9.17, 15) is 0 Å². The standard InChI is InChI=1S/C14H27N3O2/c1-6-9-12(18-8-3)13-16-14(19-17-13)10(4)11(7-2)15-5/h10-12,15H,6-9H2,1-5H3. The van der Waals surface area contributed by atoms with E-state index in [2.05, 4.69) is 36.2 Å². The van der Waals surface area contributed by atoms with Crippen LogP contribution in [0.25, 0.3) is 0 Å². The molecule has 19 heavy (non-hydrogen) atoms. The van der Waals surface area contributed by atoms with Gasteiger partial charge in [-0.05, 0) is 26.8 Å². The second kappa shape index (κ2) is 8.27. The molecule has 5 nitrogen and oxygen atoms in total. The predicted octanol–water partition coefficient (Wildman–Crippen LogP) is 3.05. The Morgan fingerprint density at radius 1 is 1.32 bits per heavy atom. The Kier molecular flexibility index (Phi) is 7.02. The maximum absolute atomic E-state index is 5.67. The maximum Gasteiger partial charge on any atom is 0.231 e. The lowest BCUT2D eigenvalue weighted by Gasteiger charge is -2.18. The van der Waals surface area contributed by atoms with Gasteiger partial charge in [0.25, 0.3) is 0 Å². The highest BCUT2D eigenvalue weighted by atomic mass is 16.5. The zero-order valence-corrected chi connectivity index (χ0v) is 12.8. The van der Waals surface area contributed by atoms with Gasteiger partial charge in [-0.15, -0.1) is 0 Å². The summed E-state index contributed by atoms with van der Waals surface area (Å²) in [5, 5.41) is 7.37. The van der Waals surface area contributed by atoms with Crippen LogP contribution in [0.15, 0.2) is 4.52 Å². The molecule has 0 amide bonds. The van der Waals surface area contributed by atoms with Crippen LogP contribution in [-0.2, 0) is 4.74 Å². The van der Waals surface area contributed by atoms with Crippen LogP contribution in [0.5, 0.6) is 0 Å². The van der Waals surface area contributed by atoms with Crippen LogP contribution in [0.3, 0.4) is 0 Å². The summed E-state index contributed by atoms with van der Waals surface area (Å²) in [6.07, 6.45) is 2.94. The first-order valence-electron chi connectivity index (χ1n) is 7.30. The van der Waals surface area contributed by atoms with Crippen LogP contribution in [-0.4, -0.2) is 29.8 Å². The number of rotatable bonds is 9. The number of aromatic nitrogens is 2. The zero-order chi connectivity index (χ0) is 14.3. The Morgan fingerprint density at radius 3 is 2.58 bits per heavy atom. The second-order valence-corrected chi connectivity index (χ2v) is 4.82. The fourth-order valence-corrected chi connectivity index (χ4v) is 2.29. The molecule has 110 valence electrons. The molecule has 0 spiro atoms. The second-order valence-electron chi connectivity index (χ2n) is 4.82. The molecule has 0 saturated heterocycles. The van der Waals surface area contributed by atoms with E-state index in [1.807, 2.05) is 14.0 Å². The van der Waals surface area contributed by atoms with Gasteiger partial charge in [0.15, 0.2) is 0 Å². The van der Waals surface area contributed by atoms with E-state index in [0.29, 0.717) is 24.4 Å². The summed E-state index contributed by atoms with van der Waals surface area (Å²) in [7, 11) is 1.96. The molecule has 0 aliphatic heterocycles. The SMILES string of the molecule is CCCC(OCC)c1noc(C(C)C(CC)NC)n1. The summed E-state index contributed by atoms with van der Waals surface area (Å²) in [6.45, 7) is 9.04. The molecule has 1 heterocycles. The molecule has 1 aromatic rings. The summed E-state index contributed by atoms with van der Waals surface area (Å²) in [6, 6.07) is 0.352. The zero-order valence-electron chi connectivity index (χ0n) is 12.8. The smallest absolute Gasteiger partial charge is 0.231 e. The minimum atomic E-state index is -0.0469. The van der Waals surface area contributed by atoms with E-state index in [4.69, 9.17) is 9.26 Å². The Hall–Kier alpha value is -0.940. The minimum absolute atomic E-state index is 0.0469. The van der Waals surface area contributed by atoms with E-state index in [1.165, 1.54) is 0 Å². The van der Waals surface area contributed by atoms with Crippen LogP contribution in [0.2, 0.25) is 0 Å². The van der Waals surface area contributed by atoms with Gasteiger partial charge < -0.3 is 14.6 Å². The summed E-state index contributed by atoms with van der Waals surface area (Å²) in [4.78, 5) is 4.52. The summed E-state index contributed by atoms with van der Waals surface area (Å²) in [5.41, 5.74) is 0. The predicted molar refractivity (Wildman–Crippen MR) is 75.1 cm³/mol. The molecular weight excluding hydrogens is 242 g/mol. The van der Waals surface area contributed by atoms with Gasteiger partial charge in [-0.1, -0.05) is 32.3 Å². The molecule has 0 fully saturated rings. The van der Waals surface area contributed by atoms with Crippen molar-refractivity contribution in [3.8, 4) is 0 Å². The Labute approximate surface area is 116 Å². The highest BCUT2D eigenvalue weighted by Crippen LogP contribution is 2.24. The van der Waals surface area contributed by atoms with Gasteiger partial charge in [0.1, 0.15) is 6.10 Å². The van der Waals surface area contributed by atoms with Gasteiger partial charge in [0.05, 0.1) is 5.92 Å². The quantitative estimate of drug-likeness (QED) is 0.746. The van der Waals surface area contributed by atoms with Crippen molar-refractivity contribution in [3.63, 3.8) is 0 Å². The third-order valence-electron chi connectivity index (χ3n) is 3.47. The molecule has 0 saturated carbocycles. The van der Waals surface area contributed by atoms with Crippen molar-refractivity contribution >= 4 is 0 Å². The van der Waals surface area contributed by atoms with E-state index in [-0.39, 0.29) is 12.0 Å². The molecule has 1 rings (SSSR count). The Bertz CT molecular complexity index is 328. The molecular formula is C14H27N3O2. The molecule has 1 N–H and O–H groups in total. The molecule has 3 atom stereocenters. The molecule has 0 aliphatic rings. The fraction of sp³-hybridized carbons (Fsp3) is 0.857. The molecule has 1 aromatic heterocycles.